The number of rotatable bonds is 2. The number of hydrogen-bond acceptors (Lipinski definition) is 2. The molecule has 3 nitrogen and oxygen atoms in total. The molecule has 0 spiro atoms. The molecule has 0 atom stereocenters. The van der Waals surface area contributed by atoms with Gasteiger partial charge in [0.05, 0.1) is 17.6 Å². The third kappa shape index (κ3) is 3.10. The van der Waals surface area contributed by atoms with Crippen LogP contribution >= 0.6 is 0 Å². The molecule has 2 aromatic rings. The number of nitrogens with one attached hydrogen (secondary N) is 1. The number of hydrogen-bond donors (Lipinski definition) is 1. The Kier molecular flexibility index (Phi) is 3.71. The maximum absolute atomic E-state index is 12.5. The van der Waals surface area contributed by atoms with Crippen molar-refractivity contribution < 1.29 is 13.2 Å². The predicted octanol–water partition coefficient (Wildman–Crippen LogP) is 3.49. The van der Waals surface area contributed by atoms with E-state index in [1.54, 1.807) is 6.33 Å². The Labute approximate surface area is 120 Å². The maximum atomic E-state index is 12.5. The van der Waals surface area contributed by atoms with E-state index in [-0.39, 0.29) is 0 Å². The Bertz CT molecular complexity index is 595. The van der Waals surface area contributed by atoms with Crippen molar-refractivity contribution in [2.75, 3.05) is 13.1 Å². The van der Waals surface area contributed by atoms with Crippen LogP contribution in [0.25, 0.3) is 11.3 Å². The maximum Gasteiger partial charge on any atom is 0.416 e. The highest BCUT2D eigenvalue weighted by Crippen LogP contribution is 2.31. The molecule has 0 unspecified atom stereocenters. The van der Waals surface area contributed by atoms with E-state index in [1.165, 1.54) is 12.1 Å². The van der Waals surface area contributed by atoms with E-state index in [0.717, 1.165) is 38.1 Å². The van der Waals surface area contributed by atoms with Crippen LogP contribution in [-0.4, -0.2) is 22.6 Å². The van der Waals surface area contributed by atoms with Crippen LogP contribution in [0.4, 0.5) is 13.2 Å². The van der Waals surface area contributed by atoms with Crippen LogP contribution in [0.2, 0.25) is 0 Å². The lowest BCUT2D eigenvalue weighted by atomic mass is 10.1. The molecule has 3 rings (SSSR count). The van der Waals surface area contributed by atoms with Gasteiger partial charge in [0.15, 0.2) is 0 Å². The highest BCUT2D eigenvalue weighted by atomic mass is 19.4. The van der Waals surface area contributed by atoms with Gasteiger partial charge in [0.25, 0.3) is 0 Å². The molecule has 1 N–H and O–H groups in total. The van der Waals surface area contributed by atoms with E-state index < -0.39 is 11.7 Å². The van der Waals surface area contributed by atoms with E-state index in [0.29, 0.717) is 17.3 Å². The SMILES string of the molecule is FC(F)(F)c1ccc(-c2cn(C3CCNCC3)cn2)cc1. The smallest absolute Gasteiger partial charge is 0.334 e. The van der Waals surface area contributed by atoms with Gasteiger partial charge in [0, 0.05) is 17.8 Å². The molecule has 0 saturated carbocycles. The summed E-state index contributed by atoms with van der Waals surface area (Å²) in [4.78, 5) is 4.31. The predicted molar refractivity (Wildman–Crippen MR) is 73.8 cm³/mol. The van der Waals surface area contributed by atoms with Gasteiger partial charge in [-0.15, -0.1) is 0 Å². The first kappa shape index (κ1) is 14.1. The highest BCUT2D eigenvalue weighted by molar-refractivity contribution is 5.58. The van der Waals surface area contributed by atoms with Crippen LogP contribution < -0.4 is 5.32 Å². The van der Waals surface area contributed by atoms with Gasteiger partial charge in [-0.25, -0.2) is 4.98 Å². The fourth-order valence-corrected chi connectivity index (χ4v) is 2.62. The third-order valence-electron chi connectivity index (χ3n) is 3.84. The van der Waals surface area contributed by atoms with Crippen molar-refractivity contribution in [3.05, 3.63) is 42.4 Å². The summed E-state index contributed by atoms with van der Waals surface area (Å²) in [6.07, 6.45) is 1.47. The second-order valence-electron chi connectivity index (χ2n) is 5.26. The zero-order valence-electron chi connectivity index (χ0n) is 11.4. The van der Waals surface area contributed by atoms with Crippen LogP contribution in [0.15, 0.2) is 36.8 Å². The molecule has 1 aromatic heterocycles. The van der Waals surface area contributed by atoms with E-state index in [1.807, 2.05) is 6.20 Å². The van der Waals surface area contributed by atoms with Crippen LogP contribution in [0.3, 0.4) is 0 Å². The van der Waals surface area contributed by atoms with Crippen molar-refractivity contribution in [2.45, 2.75) is 25.1 Å². The molecule has 0 amide bonds. The van der Waals surface area contributed by atoms with Crippen LogP contribution in [0.1, 0.15) is 24.4 Å². The number of aromatic nitrogens is 2. The molecule has 1 saturated heterocycles. The molecule has 1 fully saturated rings. The summed E-state index contributed by atoms with van der Waals surface area (Å²) >= 11 is 0. The molecule has 0 bridgehead atoms. The van der Waals surface area contributed by atoms with Gasteiger partial charge in [-0.3, -0.25) is 0 Å². The molecule has 21 heavy (non-hydrogen) atoms. The standard InChI is InChI=1S/C15H16F3N3/c16-15(17,18)12-3-1-11(2-4-12)14-9-21(10-20-14)13-5-7-19-8-6-13/h1-4,9-10,13,19H,5-8H2. The number of halogens is 3. The second-order valence-corrected chi connectivity index (χ2v) is 5.26. The summed E-state index contributed by atoms with van der Waals surface area (Å²) in [5, 5.41) is 3.30. The second kappa shape index (κ2) is 5.52. The first-order chi connectivity index (χ1) is 10.0. The minimum Gasteiger partial charge on any atom is -0.334 e. The summed E-state index contributed by atoms with van der Waals surface area (Å²) in [5.74, 6) is 0. The molecule has 0 radical (unpaired) electrons. The van der Waals surface area contributed by atoms with Crippen LogP contribution in [0.5, 0.6) is 0 Å². The average molecular weight is 295 g/mol. The zero-order valence-corrected chi connectivity index (χ0v) is 11.4. The normalized spacial score (nSPS) is 17.1. The summed E-state index contributed by atoms with van der Waals surface area (Å²) < 4.78 is 39.7. The number of alkyl halides is 3. The van der Waals surface area contributed by atoms with Gasteiger partial charge in [0.1, 0.15) is 0 Å². The number of piperidine rings is 1. The minimum absolute atomic E-state index is 0.418. The van der Waals surface area contributed by atoms with Gasteiger partial charge < -0.3 is 9.88 Å². The molecule has 112 valence electrons. The summed E-state index contributed by atoms with van der Waals surface area (Å²) in [6, 6.07) is 5.55. The van der Waals surface area contributed by atoms with Crippen LogP contribution in [-0.2, 0) is 6.18 Å². The Morgan fingerprint density at radius 3 is 2.38 bits per heavy atom. The van der Waals surface area contributed by atoms with Gasteiger partial charge in [-0.2, -0.15) is 13.2 Å². The van der Waals surface area contributed by atoms with E-state index >= 15 is 0 Å². The third-order valence-corrected chi connectivity index (χ3v) is 3.84. The number of imidazole rings is 1. The summed E-state index contributed by atoms with van der Waals surface area (Å²) in [6.45, 7) is 1.97. The topological polar surface area (TPSA) is 29.9 Å². The molecule has 2 heterocycles. The molecule has 6 heteroatoms. The molecular weight excluding hydrogens is 279 g/mol. The monoisotopic (exact) mass is 295 g/mol. The minimum atomic E-state index is -4.30. The fourth-order valence-electron chi connectivity index (χ4n) is 2.62. The first-order valence-corrected chi connectivity index (χ1v) is 6.96. The van der Waals surface area contributed by atoms with Crippen molar-refractivity contribution in [1.82, 2.24) is 14.9 Å². The molecule has 1 aliphatic rings. The Balaban J connectivity index is 1.79. The lowest BCUT2D eigenvalue weighted by Crippen LogP contribution is -2.28. The number of nitrogens with zero attached hydrogens (tertiary/aromatic N) is 2. The van der Waals surface area contributed by atoms with Gasteiger partial charge in [-0.1, -0.05) is 12.1 Å². The molecule has 0 aliphatic carbocycles. The first-order valence-electron chi connectivity index (χ1n) is 6.96. The van der Waals surface area contributed by atoms with Crippen molar-refractivity contribution in [2.24, 2.45) is 0 Å². The Hall–Kier alpha value is -1.82. The van der Waals surface area contributed by atoms with Gasteiger partial charge in [-0.05, 0) is 38.1 Å². The Morgan fingerprint density at radius 1 is 1.10 bits per heavy atom. The van der Waals surface area contributed by atoms with E-state index in [4.69, 9.17) is 0 Å². The lowest BCUT2D eigenvalue weighted by Gasteiger charge is -2.23. The summed E-state index contributed by atoms with van der Waals surface area (Å²) in [5.41, 5.74) is 0.780. The average Bonchev–Trinajstić information content (AvgIpc) is 2.97. The van der Waals surface area contributed by atoms with Crippen molar-refractivity contribution in [1.29, 1.82) is 0 Å². The van der Waals surface area contributed by atoms with Gasteiger partial charge in [0.2, 0.25) is 0 Å². The van der Waals surface area contributed by atoms with Crippen LogP contribution in [0, 0.1) is 0 Å². The van der Waals surface area contributed by atoms with E-state index in [2.05, 4.69) is 14.9 Å². The Morgan fingerprint density at radius 2 is 1.76 bits per heavy atom. The van der Waals surface area contributed by atoms with Crippen molar-refractivity contribution in [3.63, 3.8) is 0 Å². The quantitative estimate of drug-likeness (QED) is 0.919. The van der Waals surface area contributed by atoms with E-state index in [9.17, 15) is 13.2 Å². The fraction of sp³-hybridized carbons (Fsp3) is 0.400. The number of benzene rings is 1. The zero-order chi connectivity index (χ0) is 14.9. The molecule has 1 aliphatic heterocycles. The highest BCUT2D eigenvalue weighted by Gasteiger charge is 2.30. The molecule has 1 aromatic carbocycles. The van der Waals surface area contributed by atoms with Gasteiger partial charge >= 0.3 is 6.18 Å². The van der Waals surface area contributed by atoms with Crippen molar-refractivity contribution in [3.8, 4) is 11.3 Å². The summed E-state index contributed by atoms with van der Waals surface area (Å²) in [7, 11) is 0. The van der Waals surface area contributed by atoms with Crippen molar-refractivity contribution >= 4 is 0 Å². The molecular formula is C15H16F3N3. The lowest BCUT2D eigenvalue weighted by molar-refractivity contribution is -0.137. The largest absolute Gasteiger partial charge is 0.416 e.